The molecule has 24 heavy (non-hydrogen) atoms. The molecule has 6 heteroatoms. The molecule has 1 N–H and O–H groups in total. The van der Waals surface area contributed by atoms with Gasteiger partial charge in [0, 0.05) is 6.54 Å². The lowest BCUT2D eigenvalue weighted by atomic mass is 10.1. The van der Waals surface area contributed by atoms with Gasteiger partial charge in [0.1, 0.15) is 5.82 Å². The average molecular weight is 350 g/mol. The lowest BCUT2D eigenvalue weighted by Gasteiger charge is -2.09. The van der Waals surface area contributed by atoms with Crippen LogP contribution in [0.2, 0.25) is 5.02 Å². The Morgan fingerprint density at radius 1 is 1.12 bits per heavy atom. The fourth-order valence-electron chi connectivity index (χ4n) is 2.03. The summed E-state index contributed by atoms with van der Waals surface area (Å²) in [6.45, 7) is 3.92. The summed E-state index contributed by atoms with van der Waals surface area (Å²) in [5.41, 5.74) is 3.29. The zero-order chi connectivity index (χ0) is 17.7. The van der Waals surface area contributed by atoms with Crippen molar-refractivity contribution in [1.29, 1.82) is 0 Å². The first-order valence-corrected chi connectivity index (χ1v) is 7.69. The minimum absolute atomic E-state index is 0.0139. The van der Waals surface area contributed by atoms with Gasteiger partial charge >= 0.3 is 5.97 Å². The largest absolute Gasteiger partial charge is 0.452 e. The van der Waals surface area contributed by atoms with Gasteiger partial charge in [-0.15, -0.1) is 0 Å². The predicted octanol–water partition coefficient (Wildman–Crippen LogP) is 3.57. The molecule has 0 bridgehead atoms. The highest BCUT2D eigenvalue weighted by Crippen LogP contribution is 2.18. The van der Waals surface area contributed by atoms with Gasteiger partial charge in [0.05, 0.1) is 10.6 Å². The standard InChI is InChI=1S/C18H17ClFNO3/c1-11-3-4-13(7-12(11)2)9-21-17(22)10-24-18(23)15-6-5-14(20)8-16(15)19/h3-8H,9-10H2,1-2H3,(H,21,22). The smallest absolute Gasteiger partial charge is 0.340 e. The van der Waals surface area contributed by atoms with E-state index in [0.29, 0.717) is 6.54 Å². The van der Waals surface area contributed by atoms with Crippen LogP contribution in [-0.2, 0) is 16.1 Å². The number of rotatable bonds is 5. The third kappa shape index (κ3) is 4.80. The zero-order valence-electron chi connectivity index (χ0n) is 13.4. The van der Waals surface area contributed by atoms with E-state index >= 15 is 0 Å². The summed E-state index contributed by atoms with van der Waals surface area (Å²) in [7, 11) is 0. The number of esters is 1. The van der Waals surface area contributed by atoms with E-state index in [2.05, 4.69) is 5.32 Å². The van der Waals surface area contributed by atoms with Crippen LogP contribution in [0.4, 0.5) is 4.39 Å². The topological polar surface area (TPSA) is 55.4 Å². The van der Waals surface area contributed by atoms with Crippen LogP contribution < -0.4 is 5.32 Å². The molecular formula is C18H17ClFNO3. The summed E-state index contributed by atoms with van der Waals surface area (Å²) < 4.78 is 17.8. The van der Waals surface area contributed by atoms with Crippen LogP contribution in [0.5, 0.6) is 0 Å². The van der Waals surface area contributed by atoms with Crippen molar-refractivity contribution >= 4 is 23.5 Å². The van der Waals surface area contributed by atoms with Crippen LogP contribution in [0.1, 0.15) is 27.0 Å². The number of carbonyl (C=O) groups excluding carboxylic acids is 2. The molecule has 0 fully saturated rings. The van der Waals surface area contributed by atoms with Gasteiger partial charge in [0.2, 0.25) is 0 Å². The molecule has 0 unspecified atom stereocenters. The van der Waals surface area contributed by atoms with E-state index in [-0.39, 0.29) is 10.6 Å². The van der Waals surface area contributed by atoms with Crippen molar-refractivity contribution in [3.63, 3.8) is 0 Å². The summed E-state index contributed by atoms with van der Waals surface area (Å²) >= 11 is 5.77. The Morgan fingerprint density at radius 3 is 2.54 bits per heavy atom. The Labute approximate surface area is 144 Å². The van der Waals surface area contributed by atoms with E-state index in [9.17, 15) is 14.0 Å². The number of hydrogen-bond donors (Lipinski definition) is 1. The van der Waals surface area contributed by atoms with Gasteiger partial charge in [0.25, 0.3) is 5.91 Å². The summed E-state index contributed by atoms with van der Waals surface area (Å²) in [6, 6.07) is 9.22. The zero-order valence-corrected chi connectivity index (χ0v) is 14.1. The number of ether oxygens (including phenoxy) is 1. The van der Waals surface area contributed by atoms with Gasteiger partial charge in [-0.25, -0.2) is 9.18 Å². The van der Waals surface area contributed by atoms with Crippen molar-refractivity contribution in [2.75, 3.05) is 6.61 Å². The number of halogens is 2. The Balaban J connectivity index is 1.84. The number of nitrogens with one attached hydrogen (secondary N) is 1. The van der Waals surface area contributed by atoms with Crippen LogP contribution in [0, 0.1) is 19.7 Å². The monoisotopic (exact) mass is 349 g/mol. The second kappa shape index (κ2) is 7.93. The van der Waals surface area contributed by atoms with Crippen LogP contribution >= 0.6 is 11.6 Å². The van der Waals surface area contributed by atoms with Crippen LogP contribution in [-0.4, -0.2) is 18.5 Å². The second-order valence-corrected chi connectivity index (χ2v) is 5.80. The lowest BCUT2D eigenvalue weighted by Crippen LogP contribution is -2.28. The molecule has 0 saturated heterocycles. The van der Waals surface area contributed by atoms with Gasteiger partial charge in [-0.2, -0.15) is 0 Å². The summed E-state index contributed by atoms with van der Waals surface area (Å²) in [5.74, 6) is -1.76. The predicted molar refractivity (Wildman–Crippen MR) is 89.5 cm³/mol. The molecular weight excluding hydrogens is 333 g/mol. The van der Waals surface area contributed by atoms with E-state index < -0.39 is 24.3 Å². The first-order chi connectivity index (χ1) is 11.4. The van der Waals surface area contributed by atoms with E-state index in [0.717, 1.165) is 23.3 Å². The first kappa shape index (κ1) is 17.9. The molecule has 0 aliphatic rings. The minimum Gasteiger partial charge on any atom is -0.452 e. The molecule has 0 radical (unpaired) electrons. The molecule has 0 saturated carbocycles. The molecule has 0 aromatic heterocycles. The molecule has 0 atom stereocenters. The maximum absolute atomic E-state index is 12.9. The summed E-state index contributed by atoms with van der Waals surface area (Å²) in [6.07, 6.45) is 0. The number of benzene rings is 2. The minimum atomic E-state index is -0.777. The summed E-state index contributed by atoms with van der Waals surface area (Å²) in [5, 5.41) is 2.61. The number of aryl methyl sites for hydroxylation is 2. The number of hydrogen-bond acceptors (Lipinski definition) is 3. The molecule has 0 heterocycles. The van der Waals surface area contributed by atoms with E-state index in [1.807, 2.05) is 32.0 Å². The van der Waals surface area contributed by atoms with Crippen molar-refractivity contribution < 1.29 is 18.7 Å². The van der Waals surface area contributed by atoms with Crippen molar-refractivity contribution in [1.82, 2.24) is 5.32 Å². The quantitative estimate of drug-likeness (QED) is 0.839. The van der Waals surface area contributed by atoms with Gasteiger partial charge < -0.3 is 10.1 Å². The normalized spacial score (nSPS) is 10.3. The molecule has 1 amide bonds. The Kier molecular flexibility index (Phi) is 5.93. The molecule has 0 spiro atoms. The number of amides is 1. The van der Waals surface area contributed by atoms with Crippen LogP contribution in [0.3, 0.4) is 0 Å². The molecule has 2 aromatic carbocycles. The molecule has 0 aliphatic heterocycles. The van der Waals surface area contributed by atoms with Crippen molar-refractivity contribution in [3.05, 3.63) is 69.5 Å². The SMILES string of the molecule is Cc1ccc(CNC(=O)COC(=O)c2ccc(F)cc2Cl)cc1C. The third-order valence-electron chi connectivity index (χ3n) is 3.55. The van der Waals surface area contributed by atoms with Gasteiger partial charge in [0.15, 0.2) is 6.61 Å². The van der Waals surface area contributed by atoms with Crippen LogP contribution in [0.25, 0.3) is 0 Å². The Hall–Kier alpha value is -2.40. The highest BCUT2D eigenvalue weighted by molar-refractivity contribution is 6.33. The van der Waals surface area contributed by atoms with E-state index in [4.69, 9.17) is 16.3 Å². The second-order valence-electron chi connectivity index (χ2n) is 5.40. The Morgan fingerprint density at radius 2 is 1.88 bits per heavy atom. The molecule has 0 aliphatic carbocycles. The van der Waals surface area contributed by atoms with Crippen LogP contribution in [0.15, 0.2) is 36.4 Å². The summed E-state index contributed by atoms with van der Waals surface area (Å²) in [4.78, 5) is 23.6. The maximum Gasteiger partial charge on any atom is 0.340 e. The third-order valence-corrected chi connectivity index (χ3v) is 3.86. The van der Waals surface area contributed by atoms with Crippen molar-refractivity contribution in [2.24, 2.45) is 0 Å². The van der Waals surface area contributed by atoms with E-state index in [1.165, 1.54) is 11.6 Å². The van der Waals surface area contributed by atoms with Gasteiger partial charge in [-0.1, -0.05) is 29.8 Å². The fourth-order valence-corrected chi connectivity index (χ4v) is 2.27. The molecule has 126 valence electrons. The Bertz CT molecular complexity index is 777. The first-order valence-electron chi connectivity index (χ1n) is 7.32. The van der Waals surface area contributed by atoms with Gasteiger partial charge in [-0.3, -0.25) is 4.79 Å². The molecule has 4 nitrogen and oxygen atoms in total. The molecule has 2 rings (SSSR count). The van der Waals surface area contributed by atoms with Gasteiger partial charge in [-0.05, 0) is 48.7 Å². The fraction of sp³-hybridized carbons (Fsp3) is 0.222. The van der Waals surface area contributed by atoms with Crippen molar-refractivity contribution in [3.8, 4) is 0 Å². The van der Waals surface area contributed by atoms with Crippen molar-refractivity contribution in [2.45, 2.75) is 20.4 Å². The highest BCUT2D eigenvalue weighted by Gasteiger charge is 2.14. The van der Waals surface area contributed by atoms with E-state index in [1.54, 1.807) is 0 Å². The highest BCUT2D eigenvalue weighted by atomic mass is 35.5. The molecule has 2 aromatic rings. The lowest BCUT2D eigenvalue weighted by molar-refractivity contribution is -0.124. The average Bonchev–Trinajstić information content (AvgIpc) is 2.53. The maximum atomic E-state index is 12.9. The number of carbonyl (C=O) groups is 2.